The van der Waals surface area contributed by atoms with Crippen molar-refractivity contribution in [3.63, 3.8) is 0 Å². The van der Waals surface area contributed by atoms with E-state index in [1.165, 1.54) is 0 Å². The molecule has 0 amide bonds. The Kier molecular flexibility index (Phi) is 6.82. The highest BCUT2D eigenvalue weighted by Gasteiger charge is 2.25. The molecule has 0 radical (unpaired) electrons. The van der Waals surface area contributed by atoms with Crippen LogP contribution in [0.15, 0.2) is 18.2 Å². The van der Waals surface area contributed by atoms with E-state index in [2.05, 4.69) is 4.90 Å². The smallest absolute Gasteiger partial charge is 0.124 e. The Morgan fingerprint density at radius 1 is 1.15 bits per heavy atom. The summed E-state index contributed by atoms with van der Waals surface area (Å²) in [7, 11) is 4.03. The molecule has 0 fully saturated rings. The zero-order valence-electron chi connectivity index (χ0n) is 13.2. The number of aliphatic hydroxyl groups excluding tert-OH is 1. The molecule has 1 aromatic carbocycles. The molecule has 1 N–H and O–H groups in total. The zero-order valence-corrected chi connectivity index (χ0v) is 13.2. The third-order valence-corrected chi connectivity index (χ3v) is 3.29. The van der Waals surface area contributed by atoms with E-state index in [4.69, 9.17) is 9.47 Å². The van der Waals surface area contributed by atoms with Gasteiger partial charge in [-0.05, 0) is 52.1 Å². The molecule has 4 nitrogen and oxygen atoms in total. The van der Waals surface area contributed by atoms with Crippen molar-refractivity contribution in [1.29, 1.82) is 0 Å². The van der Waals surface area contributed by atoms with Gasteiger partial charge in [0.05, 0.1) is 13.2 Å². The zero-order chi connectivity index (χ0) is 15.1. The van der Waals surface area contributed by atoms with Crippen molar-refractivity contribution in [2.75, 3.05) is 33.9 Å². The van der Waals surface area contributed by atoms with E-state index in [9.17, 15) is 5.11 Å². The monoisotopic (exact) mass is 281 g/mol. The second-order valence-corrected chi connectivity index (χ2v) is 5.13. The predicted octanol–water partition coefficient (Wildman–Crippen LogP) is 2.72. The normalized spacial score (nSPS) is 14.2. The fourth-order valence-electron chi connectivity index (χ4n) is 2.49. The molecule has 4 heteroatoms. The lowest BCUT2D eigenvalue weighted by atomic mass is 9.93. The summed E-state index contributed by atoms with van der Waals surface area (Å²) in [6, 6.07) is 5.98. The summed E-state index contributed by atoms with van der Waals surface area (Å²) in [6.45, 7) is 7.36. The molecule has 1 rings (SSSR count). The van der Waals surface area contributed by atoms with Crippen molar-refractivity contribution in [3.8, 4) is 11.5 Å². The number of hydrogen-bond acceptors (Lipinski definition) is 4. The lowest BCUT2D eigenvalue weighted by molar-refractivity contribution is 0.142. The van der Waals surface area contributed by atoms with Gasteiger partial charge in [0, 0.05) is 18.2 Å². The van der Waals surface area contributed by atoms with E-state index in [1.54, 1.807) is 0 Å². The maximum atomic E-state index is 9.51. The third-order valence-electron chi connectivity index (χ3n) is 3.29. The molecule has 0 heterocycles. The minimum Gasteiger partial charge on any atom is -0.494 e. The molecule has 2 atom stereocenters. The summed E-state index contributed by atoms with van der Waals surface area (Å²) in [5.41, 5.74) is 1.06. The van der Waals surface area contributed by atoms with Crippen LogP contribution < -0.4 is 9.47 Å². The maximum Gasteiger partial charge on any atom is 0.124 e. The molecule has 0 aliphatic carbocycles. The van der Waals surface area contributed by atoms with Gasteiger partial charge in [0.15, 0.2) is 0 Å². The van der Waals surface area contributed by atoms with Crippen LogP contribution in [0.4, 0.5) is 0 Å². The van der Waals surface area contributed by atoms with Crippen molar-refractivity contribution in [2.45, 2.75) is 26.8 Å². The van der Waals surface area contributed by atoms with E-state index in [0.717, 1.165) is 17.1 Å². The molecule has 0 bridgehead atoms. The SMILES string of the molecule is CCOc1ccc(OCC)c(C(C(C)CO)N(C)C)c1. The van der Waals surface area contributed by atoms with Crippen LogP contribution in [0.5, 0.6) is 11.5 Å². The number of nitrogens with zero attached hydrogens (tertiary/aromatic N) is 1. The van der Waals surface area contributed by atoms with Gasteiger partial charge in [0.25, 0.3) is 0 Å². The van der Waals surface area contributed by atoms with Crippen molar-refractivity contribution in [2.24, 2.45) is 5.92 Å². The first-order valence-corrected chi connectivity index (χ1v) is 7.21. The third kappa shape index (κ3) is 4.12. The standard InChI is InChI=1S/C16H27NO3/c1-6-19-13-8-9-15(20-7-2)14(10-13)16(17(4)5)12(3)11-18/h8-10,12,16,18H,6-7,11H2,1-5H3. The van der Waals surface area contributed by atoms with Gasteiger partial charge in [0.2, 0.25) is 0 Å². The Hall–Kier alpha value is -1.26. The average molecular weight is 281 g/mol. The van der Waals surface area contributed by atoms with Gasteiger partial charge < -0.3 is 19.5 Å². The first-order valence-electron chi connectivity index (χ1n) is 7.21. The van der Waals surface area contributed by atoms with Gasteiger partial charge in [-0.1, -0.05) is 6.92 Å². The lowest BCUT2D eigenvalue weighted by Gasteiger charge is -2.31. The molecule has 1 aromatic rings. The van der Waals surface area contributed by atoms with Crippen LogP contribution >= 0.6 is 0 Å². The van der Waals surface area contributed by atoms with E-state index in [1.807, 2.05) is 53.1 Å². The fraction of sp³-hybridized carbons (Fsp3) is 0.625. The van der Waals surface area contributed by atoms with Gasteiger partial charge in [-0.3, -0.25) is 0 Å². The van der Waals surface area contributed by atoms with E-state index < -0.39 is 0 Å². The molecule has 0 aromatic heterocycles. The lowest BCUT2D eigenvalue weighted by Crippen LogP contribution is -2.28. The van der Waals surface area contributed by atoms with Crippen molar-refractivity contribution >= 4 is 0 Å². The molecule has 2 unspecified atom stereocenters. The highest BCUT2D eigenvalue weighted by molar-refractivity contribution is 5.42. The highest BCUT2D eigenvalue weighted by atomic mass is 16.5. The largest absolute Gasteiger partial charge is 0.494 e. The molecule has 0 aliphatic rings. The van der Waals surface area contributed by atoms with Gasteiger partial charge in [-0.2, -0.15) is 0 Å². The summed E-state index contributed by atoms with van der Waals surface area (Å²) >= 11 is 0. The minimum atomic E-state index is 0.0851. The van der Waals surface area contributed by atoms with Crippen LogP contribution in [0.25, 0.3) is 0 Å². The number of hydrogen-bond donors (Lipinski definition) is 1. The van der Waals surface area contributed by atoms with Crippen LogP contribution in [-0.2, 0) is 0 Å². The molecular weight excluding hydrogens is 254 g/mol. The van der Waals surface area contributed by atoms with Crippen LogP contribution in [0.1, 0.15) is 32.4 Å². The molecule has 114 valence electrons. The molecular formula is C16H27NO3. The fourth-order valence-corrected chi connectivity index (χ4v) is 2.49. The first-order chi connectivity index (χ1) is 9.54. The molecule has 0 saturated carbocycles. The molecule has 0 spiro atoms. The van der Waals surface area contributed by atoms with Gasteiger partial charge in [0.1, 0.15) is 11.5 Å². The Morgan fingerprint density at radius 3 is 2.30 bits per heavy atom. The average Bonchev–Trinajstić information content (AvgIpc) is 2.41. The van der Waals surface area contributed by atoms with Crippen LogP contribution in [0, 0.1) is 5.92 Å². The molecule has 0 saturated heterocycles. The summed E-state index contributed by atoms with van der Waals surface area (Å²) in [5, 5.41) is 9.51. The van der Waals surface area contributed by atoms with Crippen molar-refractivity contribution in [3.05, 3.63) is 23.8 Å². The highest BCUT2D eigenvalue weighted by Crippen LogP contribution is 2.36. The quantitative estimate of drug-likeness (QED) is 0.795. The Bertz CT molecular complexity index is 407. The molecule has 20 heavy (non-hydrogen) atoms. The second-order valence-electron chi connectivity index (χ2n) is 5.13. The van der Waals surface area contributed by atoms with Crippen LogP contribution in [0.2, 0.25) is 0 Å². The van der Waals surface area contributed by atoms with Crippen molar-refractivity contribution in [1.82, 2.24) is 4.90 Å². The number of aliphatic hydroxyl groups is 1. The predicted molar refractivity (Wildman–Crippen MR) is 81.5 cm³/mol. The van der Waals surface area contributed by atoms with Crippen LogP contribution in [0.3, 0.4) is 0 Å². The molecule has 0 aliphatic heterocycles. The van der Waals surface area contributed by atoms with E-state index >= 15 is 0 Å². The van der Waals surface area contributed by atoms with Gasteiger partial charge >= 0.3 is 0 Å². The first kappa shape index (κ1) is 16.8. The maximum absolute atomic E-state index is 9.51. The van der Waals surface area contributed by atoms with Gasteiger partial charge in [-0.15, -0.1) is 0 Å². The number of rotatable bonds is 8. The topological polar surface area (TPSA) is 41.9 Å². The minimum absolute atomic E-state index is 0.0851. The summed E-state index contributed by atoms with van der Waals surface area (Å²) < 4.78 is 11.3. The summed E-state index contributed by atoms with van der Waals surface area (Å²) in [4.78, 5) is 2.11. The Balaban J connectivity index is 3.23. The van der Waals surface area contributed by atoms with E-state index in [0.29, 0.717) is 13.2 Å². The number of ether oxygens (including phenoxy) is 2. The van der Waals surface area contributed by atoms with Crippen LogP contribution in [-0.4, -0.2) is 43.9 Å². The summed E-state index contributed by atoms with van der Waals surface area (Å²) in [6.07, 6.45) is 0. The van der Waals surface area contributed by atoms with E-state index in [-0.39, 0.29) is 18.6 Å². The Morgan fingerprint density at radius 2 is 1.80 bits per heavy atom. The van der Waals surface area contributed by atoms with Crippen molar-refractivity contribution < 1.29 is 14.6 Å². The van der Waals surface area contributed by atoms with Gasteiger partial charge in [-0.25, -0.2) is 0 Å². The summed E-state index contributed by atoms with van der Waals surface area (Å²) in [5.74, 6) is 1.80. The second kappa shape index (κ2) is 8.12. The Labute approximate surface area is 122 Å². The number of benzene rings is 1.